The van der Waals surface area contributed by atoms with Gasteiger partial charge in [0.1, 0.15) is 10.1 Å². The molecule has 0 N–H and O–H groups in total. The lowest BCUT2D eigenvalue weighted by Crippen LogP contribution is -1.87. The SMILES string of the molecule is Cc1cc(Br)cnc1Sc1ncccc1Cl. The minimum atomic E-state index is 0.650. The summed E-state index contributed by atoms with van der Waals surface area (Å²) < 4.78 is 0.974. The quantitative estimate of drug-likeness (QED) is 0.824. The number of hydrogen-bond acceptors (Lipinski definition) is 3. The molecule has 2 aromatic rings. The van der Waals surface area contributed by atoms with Crippen molar-refractivity contribution in [2.75, 3.05) is 0 Å². The van der Waals surface area contributed by atoms with E-state index < -0.39 is 0 Å². The first-order valence-corrected chi connectivity index (χ1v) is 6.56. The molecule has 0 aromatic carbocycles. The highest BCUT2D eigenvalue weighted by Crippen LogP contribution is 2.32. The Morgan fingerprint density at radius 3 is 2.81 bits per heavy atom. The zero-order valence-corrected chi connectivity index (χ0v) is 11.6. The Bertz CT molecular complexity index is 519. The van der Waals surface area contributed by atoms with Crippen molar-refractivity contribution in [1.82, 2.24) is 9.97 Å². The van der Waals surface area contributed by atoms with Gasteiger partial charge < -0.3 is 0 Å². The summed E-state index contributed by atoms with van der Waals surface area (Å²) in [6, 6.07) is 5.66. The Kier molecular flexibility index (Phi) is 3.84. The summed E-state index contributed by atoms with van der Waals surface area (Å²) in [7, 11) is 0. The number of rotatable bonds is 2. The molecule has 0 aliphatic heterocycles. The summed E-state index contributed by atoms with van der Waals surface area (Å²) in [6.07, 6.45) is 3.49. The van der Waals surface area contributed by atoms with Crippen LogP contribution in [0.25, 0.3) is 0 Å². The van der Waals surface area contributed by atoms with Crippen molar-refractivity contribution >= 4 is 39.3 Å². The molecule has 82 valence electrons. The third kappa shape index (κ3) is 2.75. The third-order valence-corrected chi connectivity index (χ3v) is 3.91. The first-order chi connectivity index (χ1) is 7.66. The molecule has 0 saturated carbocycles. The van der Waals surface area contributed by atoms with Crippen molar-refractivity contribution in [3.63, 3.8) is 0 Å². The Hall–Kier alpha value is -0.580. The number of halogens is 2. The molecule has 0 bridgehead atoms. The molecule has 16 heavy (non-hydrogen) atoms. The van der Waals surface area contributed by atoms with Crippen LogP contribution in [0.4, 0.5) is 0 Å². The fourth-order valence-corrected chi connectivity index (χ4v) is 2.64. The lowest BCUT2D eigenvalue weighted by molar-refractivity contribution is 1.05. The highest BCUT2D eigenvalue weighted by Gasteiger charge is 2.07. The zero-order chi connectivity index (χ0) is 11.5. The lowest BCUT2D eigenvalue weighted by atomic mass is 10.3. The van der Waals surface area contributed by atoms with Crippen molar-refractivity contribution in [3.05, 3.63) is 45.7 Å². The number of nitrogens with zero attached hydrogens (tertiary/aromatic N) is 2. The van der Waals surface area contributed by atoms with Crippen LogP contribution in [0.2, 0.25) is 5.02 Å². The van der Waals surface area contributed by atoms with Gasteiger partial charge in [-0.2, -0.15) is 0 Å². The summed E-state index contributed by atoms with van der Waals surface area (Å²) in [5.41, 5.74) is 1.10. The largest absolute Gasteiger partial charge is 0.248 e. The molecule has 0 amide bonds. The van der Waals surface area contributed by atoms with Crippen molar-refractivity contribution in [2.24, 2.45) is 0 Å². The van der Waals surface area contributed by atoms with Gasteiger partial charge >= 0.3 is 0 Å². The second kappa shape index (κ2) is 5.17. The van der Waals surface area contributed by atoms with E-state index in [9.17, 15) is 0 Å². The number of pyridine rings is 2. The maximum Gasteiger partial charge on any atom is 0.121 e. The van der Waals surface area contributed by atoms with Crippen LogP contribution in [-0.2, 0) is 0 Å². The van der Waals surface area contributed by atoms with Gasteiger partial charge in [0.2, 0.25) is 0 Å². The van der Waals surface area contributed by atoms with Crippen LogP contribution < -0.4 is 0 Å². The topological polar surface area (TPSA) is 25.8 Å². The van der Waals surface area contributed by atoms with E-state index in [0.717, 1.165) is 20.1 Å². The molecular weight excluding hydrogens is 308 g/mol. The van der Waals surface area contributed by atoms with Crippen LogP contribution in [0.3, 0.4) is 0 Å². The van der Waals surface area contributed by atoms with E-state index in [2.05, 4.69) is 25.9 Å². The van der Waals surface area contributed by atoms with Crippen LogP contribution in [0.15, 0.2) is 45.1 Å². The first kappa shape index (κ1) is 11.9. The van der Waals surface area contributed by atoms with E-state index in [-0.39, 0.29) is 0 Å². The average molecular weight is 316 g/mol. The number of hydrogen-bond donors (Lipinski definition) is 0. The maximum absolute atomic E-state index is 6.04. The second-order valence-corrected chi connectivity index (χ2v) is 5.47. The van der Waals surface area contributed by atoms with Gasteiger partial charge in [0.15, 0.2) is 0 Å². The van der Waals surface area contributed by atoms with Gasteiger partial charge in [-0.3, -0.25) is 0 Å². The Morgan fingerprint density at radius 2 is 2.12 bits per heavy atom. The van der Waals surface area contributed by atoms with E-state index in [0.29, 0.717) is 5.02 Å². The summed E-state index contributed by atoms with van der Waals surface area (Å²) >= 11 is 10.9. The van der Waals surface area contributed by atoms with Crippen molar-refractivity contribution in [3.8, 4) is 0 Å². The van der Waals surface area contributed by atoms with Gasteiger partial charge in [0.05, 0.1) is 5.02 Å². The van der Waals surface area contributed by atoms with E-state index in [1.807, 2.05) is 25.1 Å². The molecule has 2 aromatic heterocycles. The second-order valence-electron chi connectivity index (χ2n) is 3.17. The zero-order valence-electron chi connectivity index (χ0n) is 8.45. The molecule has 0 spiro atoms. The molecule has 0 aliphatic carbocycles. The smallest absolute Gasteiger partial charge is 0.121 e. The van der Waals surface area contributed by atoms with Gasteiger partial charge in [-0.05, 0) is 58.4 Å². The normalized spacial score (nSPS) is 10.4. The van der Waals surface area contributed by atoms with Crippen molar-refractivity contribution < 1.29 is 0 Å². The Balaban J connectivity index is 2.31. The molecule has 2 rings (SSSR count). The van der Waals surface area contributed by atoms with Crippen LogP contribution >= 0.6 is 39.3 Å². The van der Waals surface area contributed by atoms with Crippen molar-refractivity contribution in [2.45, 2.75) is 17.0 Å². The monoisotopic (exact) mass is 314 g/mol. The predicted molar refractivity (Wildman–Crippen MR) is 70.0 cm³/mol. The minimum absolute atomic E-state index is 0.650. The van der Waals surface area contributed by atoms with Gasteiger partial charge in [0, 0.05) is 16.9 Å². The first-order valence-electron chi connectivity index (χ1n) is 4.57. The molecule has 0 saturated heterocycles. The summed E-state index contributed by atoms with van der Waals surface area (Å²) in [6.45, 7) is 2.01. The molecule has 0 unspecified atom stereocenters. The fourth-order valence-electron chi connectivity index (χ4n) is 1.17. The van der Waals surface area contributed by atoms with Gasteiger partial charge in [-0.15, -0.1) is 0 Å². The van der Waals surface area contributed by atoms with Crippen LogP contribution in [-0.4, -0.2) is 9.97 Å². The highest BCUT2D eigenvalue weighted by molar-refractivity contribution is 9.10. The molecular formula is C11H8BrClN2S. The lowest BCUT2D eigenvalue weighted by Gasteiger charge is -2.05. The van der Waals surface area contributed by atoms with Crippen LogP contribution in [0.1, 0.15) is 5.56 Å². The molecule has 0 atom stereocenters. The van der Waals surface area contributed by atoms with Crippen LogP contribution in [0, 0.1) is 6.92 Å². The van der Waals surface area contributed by atoms with Crippen LogP contribution in [0.5, 0.6) is 0 Å². The Morgan fingerprint density at radius 1 is 1.31 bits per heavy atom. The van der Waals surface area contributed by atoms with E-state index >= 15 is 0 Å². The summed E-state index contributed by atoms with van der Waals surface area (Å²) in [5, 5.41) is 2.35. The summed E-state index contributed by atoms with van der Waals surface area (Å²) in [5.74, 6) is 0. The van der Waals surface area contributed by atoms with Crippen molar-refractivity contribution in [1.29, 1.82) is 0 Å². The third-order valence-electron chi connectivity index (χ3n) is 1.91. The number of aryl methyl sites for hydroxylation is 1. The van der Waals surface area contributed by atoms with E-state index in [4.69, 9.17) is 11.6 Å². The summed E-state index contributed by atoms with van der Waals surface area (Å²) in [4.78, 5) is 8.55. The minimum Gasteiger partial charge on any atom is -0.248 e. The van der Waals surface area contributed by atoms with Gasteiger partial charge in [-0.25, -0.2) is 9.97 Å². The molecule has 0 fully saturated rings. The molecule has 2 nitrogen and oxygen atoms in total. The molecule has 0 aliphatic rings. The highest BCUT2D eigenvalue weighted by atomic mass is 79.9. The molecule has 5 heteroatoms. The average Bonchev–Trinajstić information content (AvgIpc) is 2.25. The predicted octanol–water partition coefficient (Wildman–Crippen LogP) is 4.35. The van der Waals surface area contributed by atoms with Gasteiger partial charge in [0.25, 0.3) is 0 Å². The van der Waals surface area contributed by atoms with E-state index in [1.165, 1.54) is 11.8 Å². The fraction of sp³-hybridized carbons (Fsp3) is 0.0909. The molecule has 0 radical (unpaired) electrons. The molecule has 2 heterocycles. The number of aromatic nitrogens is 2. The maximum atomic E-state index is 6.04. The Labute approximate surface area is 112 Å². The van der Waals surface area contributed by atoms with E-state index in [1.54, 1.807) is 12.4 Å². The van der Waals surface area contributed by atoms with Gasteiger partial charge in [-0.1, -0.05) is 11.6 Å². The standard InChI is InChI=1S/C11H8BrClN2S/c1-7-5-8(12)6-15-10(7)16-11-9(13)3-2-4-14-11/h2-6H,1H3.